The zero-order chi connectivity index (χ0) is 26.3. The van der Waals surface area contributed by atoms with E-state index >= 15 is 0 Å². The van der Waals surface area contributed by atoms with Crippen LogP contribution >= 0.6 is 0 Å². The van der Waals surface area contributed by atoms with Crippen LogP contribution in [0.4, 0.5) is 0 Å². The van der Waals surface area contributed by atoms with Crippen molar-refractivity contribution in [2.45, 2.75) is 39.5 Å². The van der Waals surface area contributed by atoms with E-state index in [2.05, 4.69) is 149 Å². The van der Waals surface area contributed by atoms with Crippen LogP contribution in [0.15, 0.2) is 121 Å². The number of rotatable bonds is 4. The minimum absolute atomic E-state index is 0.0740. The molecular formula is C38H34. The van der Waals surface area contributed by atoms with Gasteiger partial charge >= 0.3 is 0 Å². The highest BCUT2D eigenvalue weighted by Crippen LogP contribution is 2.43. The van der Waals surface area contributed by atoms with Gasteiger partial charge in [0.2, 0.25) is 0 Å². The molecule has 0 saturated heterocycles. The summed E-state index contributed by atoms with van der Waals surface area (Å²) in [5.41, 5.74) is 10.4. The molecular weight excluding hydrogens is 456 g/mol. The fraction of sp³-hybridized carbons (Fsp3) is 0.158. The summed E-state index contributed by atoms with van der Waals surface area (Å²) in [4.78, 5) is 0. The normalized spacial score (nSPS) is 11.8. The third kappa shape index (κ3) is 4.31. The lowest BCUT2D eigenvalue weighted by molar-refractivity contribution is 0.591. The molecule has 0 nitrogen and oxygen atoms in total. The Kier molecular flexibility index (Phi) is 6.12. The summed E-state index contributed by atoms with van der Waals surface area (Å²) in [5.74, 6) is 0. The first-order valence-corrected chi connectivity index (χ1v) is 13.7. The summed E-state index contributed by atoms with van der Waals surface area (Å²) < 4.78 is 0. The van der Waals surface area contributed by atoms with Crippen LogP contribution < -0.4 is 0 Å². The van der Waals surface area contributed by atoms with Crippen LogP contribution in [0.3, 0.4) is 0 Å². The Labute approximate surface area is 226 Å². The van der Waals surface area contributed by atoms with Gasteiger partial charge in [0.25, 0.3) is 0 Å². The average molecular weight is 491 g/mol. The molecule has 0 fully saturated rings. The highest BCUT2D eigenvalue weighted by atomic mass is 14.2. The topological polar surface area (TPSA) is 0 Å². The van der Waals surface area contributed by atoms with Gasteiger partial charge in [-0.2, -0.15) is 0 Å². The molecule has 0 N–H and O–H groups in total. The minimum atomic E-state index is 0.0740. The summed E-state index contributed by atoms with van der Waals surface area (Å²) in [5, 5.41) is 5.39. The number of aryl methyl sites for hydroxylation is 1. The first-order valence-electron chi connectivity index (χ1n) is 13.7. The van der Waals surface area contributed by atoms with Crippen molar-refractivity contribution in [2.75, 3.05) is 0 Å². The van der Waals surface area contributed by atoms with Crippen LogP contribution in [-0.4, -0.2) is 0 Å². The zero-order valence-corrected chi connectivity index (χ0v) is 22.8. The zero-order valence-electron chi connectivity index (χ0n) is 22.8. The molecule has 0 bridgehead atoms. The van der Waals surface area contributed by atoms with Gasteiger partial charge in [-0.3, -0.25) is 0 Å². The first-order chi connectivity index (χ1) is 18.4. The van der Waals surface area contributed by atoms with Gasteiger partial charge in [-0.1, -0.05) is 125 Å². The molecule has 0 amide bonds. The summed E-state index contributed by atoms with van der Waals surface area (Å²) in [7, 11) is 0. The van der Waals surface area contributed by atoms with Crippen molar-refractivity contribution >= 4 is 21.5 Å². The molecule has 6 rings (SSSR count). The number of fused-ring (bicyclic) bond motifs is 2. The van der Waals surface area contributed by atoms with Crippen molar-refractivity contribution in [2.24, 2.45) is 0 Å². The smallest absolute Gasteiger partial charge is 0.00261 e. The summed E-state index contributed by atoms with van der Waals surface area (Å²) in [6, 6.07) is 44.7. The van der Waals surface area contributed by atoms with Crippen molar-refractivity contribution in [1.82, 2.24) is 0 Å². The largest absolute Gasteiger partial charge is 0.0622 e. The molecule has 6 aromatic carbocycles. The molecule has 0 aliphatic carbocycles. The second-order valence-electron chi connectivity index (χ2n) is 11.3. The van der Waals surface area contributed by atoms with Crippen molar-refractivity contribution in [1.29, 1.82) is 0 Å². The predicted molar refractivity (Wildman–Crippen MR) is 166 cm³/mol. The quantitative estimate of drug-likeness (QED) is 0.216. The van der Waals surface area contributed by atoms with Crippen LogP contribution in [0.1, 0.15) is 38.8 Å². The van der Waals surface area contributed by atoms with Crippen LogP contribution in [0, 0.1) is 0 Å². The van der Waals surface area contributed by atoms with E-state index in [1.54, 1.807) is 0 Å². The molecule has 0 heteroatoms. The van der Waals surface area contributed by atoms with Gasteiger partial charge in [0, 0.05) is 0 Å². The number of benzene rings is 6. The monoisotopic (exact) mass is 490 g/mol. The van der Waals surface area contributed by atoms with Gasteiger partial charge in [-0.05, 0) is 102 Å². The van der Waals surface area contributed by atoms with E-state index in [9.17, 15) is 0 Å². The van der Waals surface area contributed by atoms with Gasteiger partial charge in [-0.25, -0.2) is 0 Å². The Morgan fingerprint density at radius 2 is 0.947 bits per heavy atom. The van der Waals surface area contributed by atoms with Crippen molar-refractivity contribution in [3.8, 4) is 33.4 Å². The maximum absolute atomic E-state index is 2.45. The molecule has 6 aromatic rings. The van der Waals surface area contributed by atoms with E-state index in [0.29, 0.717) is 0 Å². The first kappa shape index (κ1) is 24.2. The lowest BCUT2D eigenvalue weighted by Gasteiger charge is -2.23. The molecule has 0 heterocycles. The fourth-order valence-corrected chi connectivity index (χ4v) is 5.79. The third-order valence-electron chi connectivity index (χ3n) is 7.79. The predicted octanol–water partition coefficient (Wildman–Crippen LogP) is 10.9. The van der Waals surface area contributed by atoms with Gasteiger partial charge in [0.15, 0.2) is 0 Å². The van der Waals surface area contributed by atoms with Gasteiger partial charge in [0.1, 0.15) is 0 Å². The van der Waals surface area contributed by atoms with Crippen molar-refractivity contribution in [3.05, 3.63) is 132 Å². The molecule has 0 radical (unpaired) electrons. The molecule has 0 aliphatic rings. The second kappa shape index (κ2) is 9.62. The number of hydrogen-bond donors (Lipinski definition) is 0. The second-order valence-corrected chi connectivity index (χ2v) is 11.3. The molecule has 38 heavy (non-hydrogen) atoms. The van der Waals surface area contributed by atoms with Crippen molar-refractivity contribution < 1.29 is 0 Å². The average Bonchev–Trinajstić information content (AvgIpc) is 2.95. The van der Waals surface area contributed by atoms with E-state index in [0.717, 1.165) is 6.42 Å². The van der Waals surface area contributed by atoms with Gasteiger partial charge in [-0.15, -0.1) is 0 Å². The number of hydrogen-bond acceptors (Lipinski definition) is 0. The van der Waals surface area contributed by atoms with Gasteiger partial charge < -0.3 is 0 Å². The standard InChI is InChI=1S/C38H34/c1-5-32-33-18-12-13-19-35(33)37(36-25-31(38(2,3)4)20-21-34(32)36)30-23-28(26-14-8-6-9-15-26)22-29(24-30)27-16-10-7-11-17-27/h6-25H,5H2,1-4H3. The molecule has 0 saturated carbocycles. The van der Waals surface area contributed by atoms with Crippen LogP contribution in [-0.2, 0) is 11.8 Å². The van der Waals surface area contributed by atoms with Crippen LogP contribution in [0.5, 0.6) is 0 Å². The molecule has 0 unspecified atom stereocenters. The van der Waals surface area contributed by atoms with Gasteiger partial charge in [0.05, 0.1) is 0 Å². The molecule has 0 atom stereocenters. The van der Waals surface area contributed by atoms with E-state index < -0.39 is 0 Å². The van der Waals surface area contributed by atoms with Crippen molar-refractivity contribution in [3.63, 3.8) is 0 Å². The maximum Gasteiger partial charge on any atom is -0.00261 e. The Morgan fingerprint density at radius 3 is 1.50 bits per heavy atom. The lowest BCUT2D eigenvalue weighted by Crippen LogP contribution is -2.10. The Hall–Kier alpha value is -4.16. The van der Waals surface area contributed by atoms with E-state index in [1.807, 2.05) is 0 Å². The summed E-state index contributed by atoms with van der Waals surface area (Å²) in [6.45, 7) is 9.19. The Morgan fingerprint density at radius 1 is 0.447 bits per heavy atom. The van der Waals surface area contributed by atoms with E-state index in [1.165, 1.54) is 66.1 Å². The minimum Gasteiger partial charge on any atom is -0.0622 e. The highest BCUT2D eigenvalue weighted by Gasteiger charge is 2.20. The van der Waals surface area contributed by atoms with Crippen LogP contribution in [0.25, 0.3) is 54.9 Å². The molecule has 0 spiro atoms. The lowest BCUT2D eigenvalue weighted by atomic mass is 9.81. The molecule has 0 aromatic heterocycles. The summed E-state index contributed by atoms with van der Waals surface area (Å²) in [6.07, 6.45) is 1.01. The molecule has 186 valence electrons. The van der Waals surface area contributed by atoms with E-state index in [4.69, 9.17) is 0 Å². The summed E-state index contributed by atoms with van der Waals surface area (Å²) >= 11 is 0. The Balaban J connectivity index is 1.76. The third-order valence-corrected chi connectivity index (χ3v) is 7.79. The highest BCUT2D eigenvalue weighted by molar-refractivity contribution is 6.15. The molecule has 0 aliphatic heterocycles. The fourth-order valence-electron chi connectivity index (χ4n) is 5.79. The maximum atomic E-state index is 2.45. The SMILES string of the molecule is CCc1c2ccccc2c(-c2cc(-c3ccccc3)cc(-c3ccccc3)c2)c2cc(C(C)(C)C)ccc12. The van der Waals surface area contributed by atoms with E-state index in [-0.39, 0.29) is 5.41 Å². The Bertz CT molecular complexity index is 1690. The van der Waals surface area contributed by atoms with Crippen LogP contribution in [0.2, 0.25) is 0 Å².